The van der Waals surface area contributed by atoms with Gasteiger partial charge in [0.25, 0.3) is 0 Å². The summed E-state index contributed by atoms with van der Waals surface area (Å²) in [6.07, 6.45) is 6.32. The average Bonchev–Trinajstić information content (AvgIpc) is 3.60. The number of likely N-dealkylation sites (N-methyl/N-ethyl adjacent to an activating group) is 1. The van der Waals surface area contributed by atoms with Gasteiger partial charge < -0.3 is 15.5 Å². The van der Waals surface area contributed by atoms with E-state index in [9.17, 15) is 10.1 Å². The summed E-state index contributed by atoms with van der Waals surface area (Å²) in [6.45, 7) is 5.60. The molecular formula is C28H32N6O. The number of rotatable bonds is 7. The van der Waals surface area contributed by atoms with Crippen LogP contribution in [-0.2, 0) is 11.3 Å². The van der Waals surface area contributed by atoms with Crippen LogP contribution >= 0.6 is 0 Å². The van der Waals surface area contributed by atoms with Gasteiger partial charge in [0.15, 0.2) is 0 Å². The van der Waals surface area contributed by atoms with E-state index in [2.05, 4.69) is 53.1 Å². The quantitative estimate of drug-likeness (QED) is 0.530. The van der Waals surface area contributed by atoms with Gasteiger partial charge in [0, 0.05) is 48.6 Å². The van der Waals surface area contributed by atoms with Gasteiger partial charge in [0.2, 0.25) is 5.91 Å². The normalized spacial score (nSPS) is 21.3. The predicted molar refractivity (Wildman–Crippen MR) is 138 cm³/mol. The molecule has 0 bridgehead atoms. The molecule has 1 aromatic heterocycles. The maximum Gasteiger partial charge on any atom is 0.224 e. The zero-order valence-electron chi connectivity index (χ0n) is 20.5. The summed E-state index contributed by atoms with van der Waals surface area (Å²) in [5, 5.41) is 20.6. The third kappa shape index (κ3) is 4.54. The SMILES string of the molecule is CNCCn1cc(-c2ccc3c(c2)[C@H](Nc2ccc(C#N)cc2)[C@@H](C)[C@@H](C2CC2)N3C(C)=O)cn1. The number of carbonyl (C=O) groups is 1. The van der Waals surface area contributed by atoms with Crippen LogP contribution in [0.15, 0.2) is 54.9 Å². The molecule has 0 saturated heterocycles. The Bertz CT molecular complexity index is 1250. The Labute approximate surface area is 206 Å². The number of amides is 1. The van der Waals surface area contributed by atoms with Gasteiger partial charge in [-0.2, -0.15) is 10.4 Å². The fourth-order valence-electron chi connectivity index (χ4n) is 5.43. The van der Waals surface area contributed by atoms with E-state index in [1.165, 1.54) is 12.8 Å². The van der Waals surface area contributed by atoms with Crippen LogP contribution in [0.4, 0.5) is 11.4 Å². The standard InChI is InChI=1S/C28H32N6O/c1-18-27(32-24-9-4-20(15-29)5-10-24)25-14-22(23-16-31-33(17-23)13-12-30-3)8-11-26(25)34(19(2)35)28(18)21-6-7-21/h4-5,8-11,14,16-18,21,27-28,30,32H,6-7,12-13H2,1-3H3/t18-,27-,28+/m1/s1. The first-order chi connectivity index (χ1) is 17.0. The second kappa shape index (κ2) is 9.55. The second-order valence-electron chi connectivity index (χ2n) is 9.76. The Hall–Kier alpha value is -3.63. The zero-order valence-corrected chi connectivity index (χ0v) is 20.5. The first-order valence-corrected chi connectivity index (χ1v) is 12.4. The van der Waals surface area contributed by atoms with E-state index in [-0.39, 0.29) is 23.9 Å². The number of benzene rings is 2. The lowest BCUT2D eigenvalue weighted by molar-refractivity contribution is -0.117. The van der Waals surface area contributed by atoms with Crippen LogP contribution in [0.5, 0.6) is 0 Å². The lowest BCUT2D eigenvalue weighted by atomic mass is 9.79. The summed E-state index contributed by atoms with van der Waals surface area (Å²) in [4.78, 5) is 14.9. The number of hydrogen-bond acceptors (Lipinski definition) is 5. The van der Waals surface area contributed by atoms with E-state index in [0.29, 0.717) is 11.5 Å². The monoisotopic (exact) mass is 468 g/mol. The van der Waals surface area contributed by atoms with Gasteiger partial charge in [-0.15, -0.1) is 0 Å². The van der Waals surface area contributed by atoms with E-state index in [4.69, 9.17) is 0 Å². The zero-order chi connectivity index (χ0) is 24.5. The van der Waals surface area contributed by atoms with Gasteiger partial charge in [-0.3, -0.25) is 9.48 Å². The number of nitrogens with one attached hydrogen (secondary N) is 2. The summed E-state index contributed by atoms with van der Waals surface area (Å²) in [5.74, 6) is 0.861. The van der Waals surface area contributed by atoms with Gasteiger partial charge in [-0.25, -0.2) is 0 Å². The van der Waals surface area contributed by atoms with Crippen molar-refractivity contribution in [2.24, 2.45) is 11.8 Å². The molecular weight excluding hydrogens is 436 g/mol. The first kappa shape index (κ1) is 23.1. The van der Waals surface area contributed by atoms with Crippen molar-refractivity contribution in [2.75, 3.05) is 23.8 Å². The summed E-state index contributed by atoms with van der Waals surface area (Å²) in [7, 11) is 1.94. The van der Waals surface area contributed by atoms with Crippen LogP contribution in [0.1, 0.15) is 43.9 Å². The number of anilines is 2. The second-order valence-corrected chi connectivity index (χ2v) is 9.76. The topological polar surface area (TPSA) is 86.0 Å². The summed E-state index contributed by atoms with van der Waals surface area (Å²) in [5.41, 5.74) is 5.88. The van der Waals surface area contributed by atoms with Crippen LogP contribution in [0.2, 0.25) is 0 Å². The number of carbonyl (C=O) groups excluding carboxylic acids is 1. The third-order valence-electron chi connectivity index (χ3n) is 7.32. The van der Waals surface area contributed by atoms with E-state index in [1.54, 1.807) is 6.92 Å². The summed E-state index contributed by atoms with van der Waals surface area (Å²) < 4.78 is 1.95. The lowest BCUT2D eigenvalue weighted by Crippen LogP contribution is -2.51. The van der Waals surface area contributed by atoms with E-state index in [1.807, 2.05) is 47.1 Å². The van der Waals surface area contributed by atoms with Crippen molar-refractivity contribution in [3.63, 3.8) is 0 Å². The van der Waals surface area contributed by atoms with E-state index in [0.717, 1.165) is 41.2 Å². The molecule has 7 nitrogen and oxygen atoms in total. The number of nitrogens with zero attached hydrogens (tertiary/aromatic N) is 4. The molecule has 3 aromatic rings. The molecule has 1 amide bonds. The van der Waals surface area contributed by atoms with E-state index < -0.39 is 0 Å². The van der Waals surface area contributed by atoms with Crippen molar-refractivity contribution in [3.8, 4) is 17.2 Å². The minimum Gasteiger partial charge on any atom is -0.378 e. The molecule has 2 aromatic carbocycles. The Morgan fingerprint density at radius 3 is 2.60 bits per heavy atom. The highest BCUT2D eigenvalue weighted by molar-refractivity contribution is 5.94. The van der Waals surface area contributed by atoms with Crippen LogP contribution < -0.4 is 15.5 Å². The van der Waals surface area contributed by atoms with Gasteiger partial charge in [0.1, 0.15) is 0 Å². The minimum atomic E-state index is 0.0402. The number of fused-ring (bicyclic) bond motifs is 1. The fourth-order valence-corrected chi connectivity index (χ4v) is 5.43. The highest BCUT2D eigenvalue weighted by atomic mass is 16.2. The highest BCUT2D eigenvalue weighted by Gasteiger charge is 2.47. The summed E-state index contributed by atoms with van der Waals surface area (Å²) in [6, 6.07) is 16.4. The van der Waals surface area contributed by atoms with Crippen LogP contribution in [0, 0.1) is 23.2 Å². The molecule has 1 saturated carbocycles. The minimum absolute atomic E-state index is 0.0402. The van der Waals surface area contributed by atoms with Crippen molar-refractivity contribution >= 4 is 17.3 Å². The molecule has 1 aliphatic carbocycles. The Balaban J connectivity index is 1.56. The molecule has 35 heavy (non-hydrogen) atoms. The average molecular weight is 469 g/mol. The largest absolute Gasteiger partial charge is 0.378 e. The lowest BCUT2D eigenvalue weighted by Gasteiger charge is -2.46. The molecule has 0 unspecified atom stereocenters. The maximum absolute atomic E-state index is 12.9. The first-order valence-electron chi connectivity index (χ1n) is 12.4. The molecule has 2 heterocycles. The molecule has 0 spiro atoms. The molecule has 7 heteroatoms. The number of aromatic nitrogens is 2. The maximum atomic E-state index is 12.9. The van der Waals surface area contributed by atoms with Gasteiger partial charge in [-0.1, -0.05) is 13.0 Å². The van der Waals surface area contributed by atoms with Crippen molar-refractivity contribution in [1.29, 1.82) is 5.26 Å². The smallest absolute Gasteiger partial charge is 0.224 e. The molecule has 1 aliphatic heterocycles. The molecule has 180 valence electrons. The van der Waals surface area contributed by atoms with Crippen molar-refractivity contribution in [1.82, 2.24) is 15.1 Å². The molecule has 1 fully saturated rings. The number of hydrogen-bond donors (Lipinski definition) is 2. The van der Waals surface area contributed by atoms with Crippen molar-refractivity contribution < 1.29 is 4.79 Å². The van der Waals surface area contributed by atoms with Gasteiger partial charge in [0.05, 0.1) is 30.4 Å². The van der Waals surface area contributed by atoms with Crippen molar-refractivity contribution in [3.05, 3.63) is 66.0 Å². The Morgan fingerprint density at radius 1 is 1.17 bits per heavy atom. The van der Waals surface area contributed by atoms with E-state index >= 15 is 0 Å². The fraction of sp³-hybridized carbons (Fsp3) is 0.393. The molecule has 3 atom stereocenters. The van der Waals surface area contributed by atoms with Crippen LogP contribution in [0.3, 0.4) is 0 Å². The Kier molecular flexibility index (Phi) is 6.31. The highest BCUT2D eigenvalue weighted by Crippen LogP contribution is 2.50. The Morgan fingerprint density at radius 2 is 1.94 bits per heavy atom. The number of nitriles is 1. The van der Waals surface area contributed by atoms with Crippen LogP contribution in [0.25, 0.3) is 11.1 Å². The van der Waals surface area contributed by atoms with Crippen molar-refractivity contribution in [2.45, 2.75) is 45.3 Å². The van der Waals surface area contributed by atoms with Gasteiger partial charge >= 0.3 is 0 Å². The molecule has 2 aliphatic rings. The molecule has 2 N–H and O–H groups in total. The molecule has 5 rings (SSSR count). The molecule has 0 radical (unpaired) electrons. The predicted octanol–water partition coefficient (Wildman–Crippen LogP) is 4.58. The third-order valence-corrected chi connectivity index (χ3v) is 7.32. The summed E-state index contributed by atoms with van der Waals surface area (Å²) >= 11 is 0. The van der Waals surface area contributed by atoms with Crippen LogP contribution in [-0.4, -0.2) is 35.3 Å². The van der Waals surface area contributed by atoms with Gasteiger partial charge in [-0.05, 0) is 73.3 Å².